The van der Waals surface area contributed by atoms with Crippen molar-refractivity contribution in [3.63, 3.8) is 0 Å². The smallest absolute Gasteiger partial charge is 0.164 e. The van der Waals surface area contributed by atoms with Gasteiger partial charge in [0.1, 0.15) is 11.9 Å². The molecule has 1 N–H and O–H groups in total. The molecule has 0 aromatic heterocycles. The first kappa shape index (κ1) is 13.8. The topological polar surface area (TPSA) is 47.9 Å². The van der Waals surface area contributed by atoms with Crippen LogP contribution in [0.5, 0.6) is 17.2 Å². The maximum Gasteiger partial charge on any atom is 0.164 e. The Labute approximate surface area is 123 Å². The van der Waals surface area contributed by atoms with E-state index in [2.05, 4.69) is 0 Å². The highest BCUT2D eigenvalue weighted by molar-refractivity contribution is 5.52. The first-order chi connectivity index (χ1) is 10.2. The molecule has 4 nitrogen and oxygen atoms in total. The van der Waals surface area contributed by atoms with Gasteiger partial charge in [0, 0.05) is 18.1 Å². The zero-order valence-corrected chi connectivity index (χ0v) is 12.1. The molecule has 0 saturated heterocycles. The van der Waals surface area contributed by atoms with E-state index < -0.39 is 6.10 Å². The molecule has 1 aliphatic heterocycles. The third-order valence-corrected chi connectivity index (χ3v) is 3.73. The fourth-order valence-electron chi connectivity index (χ4n) is 2.65. The van der Waals surface area contributed by atoms with Crippen molar-refractivity contribution in [3.05, 3.63) is 53.6 Å². The fraction of sp³-hybridized carbons (Fsp3) is 0.294. The van der Waals surface area contributed by atoms with Gasteiger partial charge in [-0.15, -0.1) is 0 Å². The molecule has 0 bridgehead atoms. The van der Waals surface area contributed by atoms with Crippen molar-refractivity contribution >= 4 is 0 Å². The molecule has 2 aromatic rings. The molecule has 4 heteroatoms. The summed E-state index contributed by atoms with van der Waals surface area (Å²) in [7, 11) is 3.19. The number of hydrogen-bond donors (Lipinski definition) is 1. The van der Waals surface area contributed by atoms with E-state index in [0.29, 0.717) is 17.9 Å². The van der Waals surface area contributed by atoms with Gasteiger partial charge in [-0.1, -0.05) is 30.3 Å². The molecule has 0 spiro atoms. The largest absolute Gasteiger partial charge is 0.493 e. The van der Waals surface area contributed by atoms with Crippen LogP contribution in [-0.4, -0.2) is 25.4 Å². The lowest BCUT2D eigenvalue weighted by molar-refractivity contribution is 0.0205. The van der Waals surface area contributed by atoms with E-state index in [1.165, 1.54) is 0 Å². The lowest BCUT2D eigenvalue weighted by Gasteiger charge is -2.31. The Morgan fingerprint density at radius 2 is 1.71 bits per heavy atom. The van der Waals surface area contributed by atoms with E-state index in [1.54, 1.807) is 14.2 Å². The van der Waals surface area contributed by atoms with Gasteiger partial charge in [0.15, 0.2) is 11.5 Å². The molecule has 2 atom stereocenters. The Morgan fingerprint density at radius 1 is 1.05 bits per heavy atom. The zero-order valence-electron chi connectivity index (χ0n) is 12.1. The van der Waals surface area contributed by atoms with Crippen LogP contribution >= 0.6 is 0 Å². The zero-order chi connectivity index (χ0) is 14.8. The van der Waals surface area contributed by atoms with E-state index in [4.69, 9.17) is 14.2 Å². The predicted octanol–water partition coefficient (Wildman–Crippen LogP) is 2.74. The van der Waals surface area contributed by atoms with Crippen LogP contribution < -0.4 is 14.2 Å². The van der Waals surface area contributed by atoms with Gasteiger partial charge < -0.3 is 19.3 Å². The Balaban J connectivity index is 1.97. The lowest BCUT2D eigenvalue weighted by Crippen LogP contribution is -2.30. The first-order valence-electron chi connectivity index (χ1n) is 6.87. The number of rotatable bonds is 3. The highest BCUT2D eigenvalue weighted by atomic mass is 16.5. The summed E-state index contributed by atoms with van der Waals surface area (Å²) in [5.41, 5.74) is 1.89. The number of aliphatic hydroxyl groups excluding tert-OH is 1. The van der Waals surface area contributed by atoms with Crippen LogP contribution in [0.25, 0.3) is 0 Å². The lowest BCUT2D eigenvalue weighted by atomic mass is 9.94. The van der Waals surface area contributed by atoms with Crippen LogP contribution in [0.4, 0.5) is 0 Å². The summed E-state index contributed by atoms with van der Waals surface area (Å²) >= 11 is 0. The Hall–Kier alpha value is -2.20. The van der Waals surface area contributed by atoms with E-state index in [9.17, 15) is 5.11 Å². The average molecular weight is 286 g/mol. The summed E-state index contributed by atoms with van der Waals surface area (Å²) in [6, 6.07) is 13.4. The van der Waals surface area contributed by atoms with Crippen molar-refractivity contribution in [3.8, 4) is 17.2 Å². The summed E-state index contributed by atoms with van der Waals surface area (Å²) < 4.78 is 16.6. The minimum atomic E-state index is -0.585. The van der Waals surface area contributed by atoms with Crippen LogP contribution in [0.2, 0.25) is 0 Å². The number of fused-ring (bicyclic) bond motifs is 1. The second kappa shape index (κ2) is 5.66. The second-order valence-electron chi connectivity index (χ2n) is 5.04. The van der Waals surface area contributed by atoms with Crippen LogP contribution in [0.15, 0.2) is 42.5 Å². The molecular formula is C17H18O4. The van der Waals surface area contributed by atoms with Gasteiger partial charge in [-0.05, 0) is 11.6 Å². The van der Waals surface area contributed by atoms with Crippen LogP contribution in [0.1, 0.15) is 17.2 Å². The molecule has 0 saturated carbocycles. The molecular weight excluding hydrogens is 268 g/mol. The van der Waals surface area contributed by atoms with Crippen molar-refractivity contribution < 1.29 is 19.3 Å². The summed E-state index contributed by atoms with van der Waals surface area (Å²) in [6.07, 6.45) is -0.426. The number of methoxy groups -OCH3 is 2. The quantitative estimate of drug-likeness (QED) is 0.942. The molecule has 1 heterocycles. The van der Waals surface area contributed by atoms with E-state index in [-0.39, 0.29) is 6.10 Å². The fourth-order valence-corrected chi connectivity index (χ4v) is 2.65. The highest BCUT2D eigenvalue weighted by Gasteiger charge is 2.30. The minimum Gasteiger partial charge on any atom is -0.493 e. The number of hydrogen-bond acceptors (Lipinski definition) is 4. The monoisotopic (exact) mass is 286 g/mol. The van der Waals surface area contributed by atoms with Crippen molar-refractivity contribution in [2.75, 3.05) is 14.2 Å². The van der Waals surface area contributed by atoms with Crippen molar-refractivity contribution in [1.29, 1.82) is 0 Å². The molecule has 0 aliphatic carbocycles. The maximum atomic E-state index is 10.4. The molecule has 0 unspecified atom stereocenters. The summed E-state index contributed by atoms with van der Waals surface area (Å²) in [6.45, 7) is 0. The van der Waals surface area contributed by atoms with Crippen LogP contribution in [-0.2, 0) is 6.42 Å². The molecule has 0 radical (unpaired) electrons. The third kappa shape index (κ3) is 2.54. The molecule has 2 aromatic carbocycles. The Morgan fingerprint density at radius 3 is 2.38 bits per heavy atom. The van der Waals surface area contributed by atoms with Crippen molar-refractivity contribution in [1.82, 2.24) is 0 Å². The van der Waals surface area contributed by atoms with Crippen molar-refractivity contribution in [2.24, 2.45) is 0 Å². The van der Waals surface area contributed by atoms with Gasteiger partial charge in [0.05, 0.1) is 20.3 Å². The SMILES string of the molecule is COc1cc2c(cc1OC)O[C@H](c1ccccc1)[C@@H](O)C2. The minimum absolute atomic E-state index is 0.364. The predicted molar refractivity (Wildman–Crippen MR) is 79.1 cm³/mol. The van der Waals surface area contributed by atoms with E-state index in [1.807, 2.05) is 42.5 Å². The first-order valence-corrected chi connectivity index (χ1v) is 6.87. The van der Waals surface area contributed by atoms with Gasteiger partial charge in [-0.25, -0.2) is 0 Å². The number of ether oxygens (including phenoxy) is 3. The normalized spacial score (nSPS) is 20.3. The maximum absolute atomic E-state index is 10.4. The molecule has 1 aliphatic rings. The van der Waals surface area contributed by atoms with Gasteiger partial charge in [-0.2, -0.15) is 0 Å². The van der Waals surface area contributed by atoms with Gasteiger partial charge in [-0.3, -0.25) is 0 Å². The van der Waals surface area contributed by atoms with Gasteiger partial charge in [0.25, 0.3) is 0 Å². The van der Waals surface area contributed by atoms with E-state index >= 15 is 0 Å². The number of aliphatic hydroxyl groups is 1. The van der Waals surface area contributed by atoms with Gasteiger partial charge >= 0.3 is 0 Å². The van der Waals surface area contributed by atoms with E-state index in [0.717, 1.165) is 16.9 Å². The van der Waals surface area contributed by atoms with Crippen LogP contribution in [0, 0.1) is 0 Å². The van der Waals surface area contributed by atoms with Gasteiger partial charge in [0.2, 0.25) is 0 Å². The third-order valence-electron chi connectivity index (χ3n) is 3.73. The Kier molecular flexibility index (Phi) is 3.71. The Bertz CT molecular complexity index is 624. The molecule has 0 amide bonds. The molecule has 3 rings (SSSR count). The summed E-state index contributed by atoms with van der Waals surface area (Å²) in [5.74, 6) is 2.00. The average Bonchev–Trinajstić information content (AvgIpc) is 2.53. The number of benzene rings is 2. The summed E-state index contributed by atoms with van der Waals surface area (Å²) in [4.78, 5) is 0. The standard InChI is InChI=1S/C17H18O4/c1-19-15-9-12-8-13(18)17(11-6-4-3-5-7-11)21-14(12)10-16(15)20-2/h3-7,9-10,13,17-18H,8H2,1-2H3/t13-,17+/m0/s1. The molecule has 21 heavy (non-hydrogen) atoms. The highest BCUT2D eigenvalue weighted by Crippen LogP contribution is 2.41. The summed E-state index contributed by atoms with van der Waals surface area (Å²) in [5, 5.41) is 10.4. The molecule has 0 fully saturated rings. The molecule has 110 valence electrons. The van der Waals surface area contributed by atoms with Crippen molar-refractivity contribution in [2.45, 2.75) is 18.6 Å². The second-order valence-corrected chi connectivity index (χ2v) is 5.04. The van der Waals surface area contributed by atoms with Crippen LogP contribution in [0.3, 0.4) is 0 Å².